The predicted molar refractivity (Wildman–Crippen MR) is 76.1 cm³/mol. The van der Waals surface area contributed by atoms with Gasteiger partial charge >= 0.3 is 0 Å². The molecule has 1 aromatic carbocycles. The SMILES string of the molecule is NNC(c1cnccc1N)C1(c2ccccc2)CC1. The van der Waals surface area contributed by atoms with Crippen molar-refractivity contribution in [3.63, 3.8) is 0 Å². The lowest BCUT2D eigenvalue weighted by molar-refractivity contribution is 0.439. The summed E-state index contributed by atoms with van der Waals surface area (Å²) in [7, 11) is 0. The van der Waals surface area contributed by atoms with E-state index in [1.807, 2.05) is 18.3 Å². The largest absolute Gasteiger partial charge is 0.398 e. The third-order valence-electron chi connectivity index (χ3n) is 4.05. The van der Waals surface area contributed by atoms with Crippen molar-refractivity contribution in [2.75, 3.05) is 5.73 Å². The van der Waals surface area contributed by atoms with Crippen molar-refractivity contribution in [2.24, 2.45) is 5.84 Å². The van der Waals surface area contributed by atoms with Crippen molar-refractivity contribution < 1.29 is 0 Å². The van der Waals surface area contributed by atoms with Gasteiger partial charge in [0.2, 0.25) is 0 Å². The standard InChI is InChI=1S/C15H18N4/c16-13-6-9-18-10-12(13)14(19-17)15(7-8-15)11-4-2-1-3-5-11/h1-6,9-10,14,19H,7-8,17H2,(H2,16,18). The lowest BCUT2D eigenvalue weighted by Crippen LogP contribution is -2.37. The summed E-state index contributed by atoms with van der Waals surface area (Å²) in [6.07, 6.45) is 5.73. The molecule has 0 amide bonds. The van der Waals surface area contributed by atoms with Gasteiger partial charge in [-0.15, -0.1) is 0 Å². The van der Waals surface area contributed by atoms with E-state index in [1.54, 1.807) is 6.20 Å². The molecule has 4 heteroatoms. The maximum Gasteiger partial charge on any atom is 0.0592 e. The fourth-order valence-electron chi connectivity index (χ4n) is 2.85. The third-order valence-corrected chi connectivity index (χ3v) is 4.05. The molecule has 0 bridgehead atoms. The molecule has 19 heavy (non-hydrogen) atoms. The molecule has 1 heterocycles. The van der Waals surface area contributed by atoms with Crippen LogP contribution in [0.2, 0.25) is 0 Å². The zero-order valence-corrected chi connectivity index (χ0v) is 10.7. The number of pyridine rings is 1. The number of nitrogens with two attached hydrogens (primary N) is 2. The highest BCUT2D eigenvalue weighted by Gasteiger charge is 2.51. The lowest BCUT2D eigenvalue weighted by atomic mass is 9.84. The maximum absolute atomic E-state index is 6.06. The quantitative estimate of drug-likeness (QED) is 0.575. The lowest BCUT2D eigenvalue weighted by Gasteiger charge is -2.28. The first-order valence-corrected chi connectivity index (χ1v) is 6.49. The number of hydrogen-bond donors (Lipinski definition) is 3. The van der Waals surface area contributed by atoms with Gasteiger partial charge in [0.05, 0.1) is 6.04 Å². The van der Waals surface area contributed by atoms with Crippen LogP contribution in [0, 0.1) is 0 Å². The van der Waals surface area contributed by atoms with Gasteiger partial charge in [-0.25, -0.2) is 0 Å². The summed E-state index contributed by atoms with van der Waals surface area (Å²) < 4.78 is 0. The highest BCUT2D eigenvalue weighted by atomic mass is 15.2. The molecule has 98 valence electrons. The van der Waals surface area contributed by atoms with Crippen LogP contribution in [-0.2, 0) is 5.41 Å². The van der Waals surface area contributed by atoms with Gasteiger partial charge in [-0.1, -0.05) is 30.3 Å². The van der Waals surface area contributed by atoms with Crippen molar-refractivity contribution in [1.82, 2.24) is 10.4 Å². The van der Waals surface area contributed by atoms with Crippen molar-refractivity contribution in [3.05, 3.63) is 59.9 Å². The van der Waals surface area contributed by atoms with Gasteiger partial charge in [0.25, 0.3) is 0 Å². The normalized spacial score (nSPS) is 17.9. The summed E-state index contributed by atoms with van der Waals surface area (Å²) in [5, 5.41) is 0. The number of nitrogen functional groups attached to an aromatic ring is 1. The fraction of sp³-hybridized carbons (Fsp3) is 0.267. The molecule has 5 N–H and O–H groups in total. The molecule has 1 saturated carbocycles. The maximum atomic E-state index is 6.06. The molecule has 1 atom stereocenters. The van der Waals surface area contributed by atoms with Crippen LogP contribution in [0.15, 0.2) is 48.8 Å². The summed E-state index contributed by atoms with van der Waals surface area (Å²) in [4.78, 5) is 4.17. The van der Waals surface area contributed by atoms with Gasteiger partial charge in [0, 0.05) is 29.1 Å². The van der Waals surface area contributed by atoms with E-state index in [-0.39, 0.29) is 11.5 Å². The summed E-state index contributed by atoms with van der Waals surface area (Å²) in [6, 6.07) is 12.3. The van der Waals surface area contributed by atoms with E-state index < -0.39 is 0 Å². The van der Waals surface area contributed by atoms with Crippen LogP contribution in [0.4, 0.5) is 5.69 Å². The Kier molecular flexibility index (Phi) is 2.97. The number of hydrazine groups is 1. The Morgan fingerprint density at radius 1 is 1.16 bits per heavy atom. The number of nitrogens with zero attached hydrogens (tertiary/aromatic N) is 1. The highest BCUT2D eigenvalue weighted by molar-refractivity contribution is 5.50. The molecule has 0 saturated heterocycles. The van der Waals surface area contributed by atoms with Gasteiger partial charge in [-0.2, -0.15) is 0 Å². The van der Waals surface area contributed by atoms with E-state index in [2.05, 4.69) is 34.7 Å². The van der Waals surface area contributed by atoms with Crippen LogP contribution in [0.25, 0.3) is 0 Å². The molecular weight excluding hydrogens is 236 g/mol. The van der Waals surface area contributed by atoms with E-state index in [1.165, 1.54) is 5.56 Å². The average Bonchev–Trinajstić information content (AvgIpc) is 3.24. The number of aromatic nitrogens is 1. The molecule has 3 rings (SSSR count). The van der Waals surface area contributed by atoms with E-state index >= 15 is 0 Å². The monoisotopic (exact) mass is 254 g/mol. The Balaban J connectivity index is 2.02. The highest BCUT2D eigenvalue weighted by Crippen LogP contribution is 2.56. The average molecular weight is 254 g/mol. The van der Waals surface area contributed by atoms with Gasteiger partial charge in [-0.3, -0.25) is 16.3 Å². The second-order valence-corrected chi connectivity index (χ2v) is 5.13. The first-order chi connectivity index (χ1) is 9.28. The summed E-state index contributed by atoms with van der Waals surface area (Å²) >= 11 is 0. The van der Waals surface area contributed by atoms with Crippen LogP contribution < -0.4 is 17.0 Å². The van der Waals surface area contributed by atoms with E-state index in [0.29, 0.717) is 0 Å². The smallest absolute Gasteiger partial charge is 0.0592 e. The molecule has 1 aromatic heterocycles. The van der Waals surface area contributed by atoms with Crippen LogP contribution in [0.3, 0.4) is 0 Å². The fourth-order valence-corrected chi connectivity index (χ4v) is 2.85. The molecule has 2 aromatic rings. The Labute approximate surface area is 112 Å². The molecule has 1 fully saturated rings. The molecule has 4 nitrogen and oxygen atoms in total. The van der Waals surface area contributed by atoms with Gasteiger partial charge < -0.3 is 5.73 Å². The predicted octanol–water partition coefficient (Wildman–Crippen LogP) is 1.90. The van der Waals surface area contributed by atoms with Crippen molar-refractivity contribution in [3.8, 4) is 0 Å². The Morgan fingerprint density at radius 3 is 2.47 bits per heavy atom. The first-order valence-electron chi connectivity index (χ1n) is 6.49. The van der Waals surface area contributed by atoms with E-state index in [9.17, 15) is 0 Å². The zero-order chi connectivity index (χ0) is 13.3. The Morgan fingerprint density at radius 2 is 1.89 bits per heavy atom. The molecule has 0 aliphatic heterocycles. The van der Waals surface area contributed by atoms with E-state index in [0.717, 1.165) is 24.1 Å². The number of benzene rings is 1. The first kappa shape index (κ1) is 12.1. The minimum absolute atomic E-state index is 0.00333. The Bertz CT molecular complexity index is 563. The topological polar surface area (TPSA) is 77.0 Å². The molecular formula is C15H18N4. The molecule has 1 unspecified atom stereocenters. The van der Waals surface area contributed by atoms with Crippen molar-refractivity contribution in [2.45, 2.75) is 24.3 Å². The number of hydrogen-bond acceptors (Lipinski definition) is 4. The van der Waals surface area contributed by atoms with Gasteiger partial charge in [0.1, 0.15) is 0 Å². The second kappa shape index (κ2) is 4.64. The molecule has 0 spiro atoms. The molecule has 1 aliphatic rings. The summed E-state index contributed by atoms with van der Waals surface area (Å²) in [5.74, 6) is 5.80. The number of anilines is 1. The van der Waals surface area contributed by atoms with E-state index in [4.69, 9.17) is 11.6 Å². The van der Waals surface area contributed by atoms with Crippen LogP contribution in [-0.4, -0.2) is 4.98 Å². The summed E-state index contributed by atoms with van der Waals surface area (Å²) in [6.45, 7) is 0. The molecule has 0 radical (unpaired) electrons. The van der Waals surface area contributed by atoms with Gasteiger partial charge in [0.15, 0.2) is 0 Å². The van der Waals surface area contributed by atoms with Crippen molar-refractivity contribution >= 4 is 5.69 Å². The molecule has 1 aliphatic carbocycles. The van der Waals surface area contributed by atoms with Crippen LogP contribution in [0.1, 0.15) is 30.0 Å². The number of rotatable bonds is 4. The van der Waals surface area contributed by atoms with Gasteiger partial charge in [-0.05, 0) is 24.5 Å². The van der Waals surface area contributed by atoms with Crippen molar-refractivity contribution in [1.29, 1.82) is 0 Å². The third kappa shape index (κ3) is 1.99. The minimum Gasteiger partial charge on any atom is -0.398 e. The second-order valence-electron chi connectivity index (χ2n) is 5.13. The Hall–Kier alpha value is -1.91. The van der Waals surface area contributed by atoms with Crippen LogP contribution in [0.5, 0.6) is 0 Å². The zero-order valence-electron chi connectivity index (χ0n) is 10.7. The van der Waals surface area contributed by atoms with Crippen LogP contribution >= 0.6 is 0 Å². The number of nitrogens with one attached hydrogen (secondary N) is 1. The summed E-state index contributed by atoms with van der Waals surface area (Å²) in [5.41, 5.74) is 12.1. The minimum atomic E-state index is 0.00333.